The van der Waals surface area contributed by atoms with Gasteiger partial charge in [-0.05, 0) is 81.2 Å². The molecule has 242 valence electrons. The van der Waals surface area contributed by atoms with E-state index in [-0.39, 0.29) is 0 Å². The van der Waals surface area contributed by atoms with Crippen molar-refractivity contribution < 1.29 is 8.83 Å². The summed E-state index contributed by atoms with van der Waals surface area (Å²) in [5, 5.41) is 8.85. The molecule has 0 radical (unpaired) electrons. The Morgan fingerprint density at radius 3 is 1.79 bits per heavy atom. The Morgan fingerprint density at radius 1 is 0.308 bits per heavy atom. The lowest BCUT2D eigenvalue weighted by Gasteiger charge is -2.10. The zero-order valence-corrected chi connectivity index (χ0v) is 27.7. The average molecular weight is 666 g/mol. The minimum Gasteiger partial charge on any atom is -0.456 e. The molecule has 0 fully saturated rings. The summed E-state index contributed by atoms with van der Waals surface area (Å²) in [4.78, 5) is 15.2. The summed E-state index contributed by atoms with van der Waals surface area (Å²) in [5.74, 6) is 1.82. The van der Waals surface area contributed by atoms with E-state index in [0.717, 1.165) is 77.1 Å². The summed E-state index contributed by atoms with van der Waals surface area (Å²) in [6, 6.07) is 56.4. The number of benzene rings is 8. The molecule has 3 aromatic heterocycles. The molecular weight excluding hydrogens is 639 g/mol. The molecule has 0 aliphatic rings. The molecule has 0 N–H and O–H groups in total. The fraction of sp³-hybridized carbons (Fsp3) is 0. The Labute approximate surface area is 297 Å². The molecule has 8 aromatic carbocycles. The first-order valence-electron chi connectivity index (χ1n) is 17.3. The van der Waals surface area contributed by atoms with E-state index in [1.54, 1.807) is 0 Å². The van der Waals surface area contributed by atoms with Crippen LogP contribution in [0.1, 0.15) is 0 Å². The van der Waals surface area contributed by atoms with Crippen LogP contribution in [-0.4, -0.2) is 15.0 Å². The number of aromatic nitrogens is 3. The Kier molecular flexibility index (Phi) is 6.18. The smallest absolute Gasteiger partial charge is 0.164 e. The third-order valence-corrected chi connectivity index (χ3v) is 10.1. The summed E-state index contributed by atoms with van der Waals surface area (Å²) in [6.07, 6.45) is 0. The summed E-state index contributed by atoms with van der Waals surface area (Å²) < 4.78 is 12.9. The molecule has 3 heterocycles. The van der Waals surface area contributed by atoms with Crippen molar-refractivity contribution in [2.75, 3.05) is 0 Å². The fourth-order valence-corrected chi connectivity index (χ4v) is 7.50. The van der Waals surface area contributed by atoms with Crippen molar-refractivity contribution in [3.05, 3.63) is 164 Å². The summed E-state index contributed by atoms with van der Waals surface area (Å²) >= 11 is 0. The summed E-state index contributed by atoms with van der Waals surface area (Å²) in [6.45, 7) is 0. The molecule has 0 bridgehead atoms. The maximum Gasteiger partial charge on any atom is 0.164 e. The molecule has 52 heavy (non-hydrogen) atoms. The molecule has 0 aliphatic carbocycles. The number of rotatable bonds is 4. The van der Waals surface area contributed by atoms with Gasteiger partial charge in [0.25, 0.3) is 0 Å². The van der Waals surface area contributed by atoms with E-state index in [9.17, 15) is 0 Å². The van der Waals surface area contributed by atoms with E-state index in [2.05, 4.69) is 115 Å². The van der Waals surface area contributed by atoms with Crippen LogP contribution in [0.25, 0.3) is 111 Å². The normalized spacial score (nSPS) is 11.8. The maximum atomic E-state index is 6.44. The highest BCUT2D eigenvalue weighted by Gasteiger charge is 2.19. The topological polar surface area (TPSA) is 65.0 Å². The summed E-state index contributed by atoms with van der Waals surface area (Å²) in [5.41, 5.74) is 8.20. The van der Waals surface area contributed by atoms with Crippen LogP contribution in [0, 0.1) is 0 Å². The van der Waals surface area contributed by atoms with Gasteiger partial charge in [0.1, 0.15) is 22.3 Å². The minimum atomic E-state index is 0.590. The monoisotopic (exact) mass is 665 g/mol. The van der Waals surface area contributed by atoms with Gasteiger partial charge in [0.15, 0.2) is 17.5 Å². The lowest BCUT2D eigenvalue weighted by Crippen LogP contribution is -2.00. The molecule has 0 unspecified atom stereocenters. The first-order valence-corrected chi connectivity index (χ1v) is 17.3. The third-order valence-electron chi connectivity index (χ3n) is 10.1. The van der Waals surface area contributed by atoms with Crippen LogP contribution >= 0.6 is 0 Å². The number of hydrogen-bond acceptors (Lipinski definition) is 5. The molecule has 11 aromatic rings. The minimum absolute atomic E-state index is 0.590. The van der Waals surface area contributed by atoms with Gasteiger partial charge in [-0.2, -0.15) is 0 Å². The first kappa shape index (κ1) is 28.7. The lowest BCUT2D eigenvalue weighted by atomic mass is 9.99. The van der Waals surface area contributed by atoms with E-state index < -0.39 is 0 Å². The second-order valence-corrected chi connectivity index (χ2v) is 13.2. The molecule has 11 rings (SSSR count). The quantitative estimate of drug-likeness (QED) is 0.187. The van der Waals surface area contributed by atoms with Gasteiger partial charge in [0.2, 0.25) is 0 Å². The largest absolute Gasteiger partial charge is 0.456 e. The van der Waals surface area contributed by atoms with Crippen LogP contribution in [0.4, 0.5) is 0 Å². The zero-order valence-electron chi connectivity index (χ0n) is 27.7. The van der Waals surface area contributed by atoms with Crippen LogP contribution in [0.2, 0.25) is 0 Å². The Hall–Kier alpha value is -7.11. The number of fused-ring (bicyclic) bond motifs is 8. The molecule has 0 atom stereocenters. The van der Waals surface area contributed by atoms with Gasteiger partial charge < -0.3 is 8.83 Å². The van der Waals surface area contributed by atoms with E-state index in [0.29, 0.717) is 17.5 Å². The van der Waals surface area contributed by atoms with Gasteiger partial charge >= 0.3 is 0 Å². The SMILES string of the molecule is c1ccc(-c2nc(-c3ccc4ccccc4c3)nc(-c3cccc4oc5ccc(-c6ccc7c(c6)oc6cc8ccccc8cc67)cc5c34)n2)cc1. The van der Waals surface area contributed by atoms with Crippen molar-refractivity contribution in [2.45, 2.75) is 0 Å². The van der Waals surface area contributed by atoms with E-state index in [1.165, 1.54) is 16.2 Å². The van der Waals surface area contributed by atoms with Gasteiger partial charge in [-0.15, -0.1) is 0 Å². The fourth-order valence-electron chi connectivity index (χ4n) is 7.50. The van der Waals surface area contributed by atoms with Gasteiger partial charge in [0.05, 0.1) is 0 Å². The maximum absolute atomic E-state index is 6.44. The molecule has 5 heteroatoms. The van der Waals surface area contributed by atoms with Crippen LogP contribution in [0.3, 0.4) is 0 Å². The van der Waals surface area contributed by atoms with Crippen molar-refractivity contribution in [3.8, 4) is 45.3 Å². The Morgan fingerprint density at radius 2 is 0.942 bits per heavy atom. The van der Waals surface area contributed by atoms with Crippen molar-refractivity contribution in [3.63, 3.8) is 0 Å². The first-order chi connectivity index (χ1) is 25.7. The van der Waals surface area contributed by atoms with E-state index >= 15 is 0 Å². The van der Waals surface area contributed by atoms with Crippen LogP contribution in [0.15, 0.2) is 173 Å². The van der Waals surface area contributed by atoms with Crippen LogP contribution < -0.4 is 0 Å². The van der Waals surface area contributed by atoms with Gasteiger partial charge in [-0.1, -0.05) is 115 Å². The third kappa shape index (κ3) is 4.60. The highest BCUT2D eigenvalue weighted by Crippen LogP contribution is 2.40. The van der Waals surface area contributed by atoms with Crippen molar-refractivity contribution in [1.82, 2.24) is 15.0 Å². The van der Waals surface area contributed by atoms with Gasteiger partial charge in [-0.25, -0.2) is 15.0 Å². The molecule has 0 spiro atoms. The van der Waals surface area contributed by atoms with E-state index in [1.807, 2.05) is 48.5 Å². The second kappa shape index (κ2) is 11.2. The average Bonchev–Trinajstić information content (AvgIpc) is 3.77. The highest BCUT2D eigenvalue weighted by atomic mass is 16.3. The predicted molar refractivity (Wildman–Crippen MR) is 211 cm³/mol. The summed E-state index contributed by atoms with van der Waals surface area (Å²) in [7, 11) is 0. The molecule has 0 saturated carbocycles. The Balaban J connectivity index is 1.08. The standard InChI is InChI=1S/C47H27N3O2/c1-2-10-29(11-3-1)45-48-46(35-18-17-28-9-4-5-12-30(28)23-35)50-47(49-45)37-15-8-16-41-44(37)39-25-33(20-22-40(39)51-41)34-19-21-36-38-24-31-13-6-7-14-32(31)26-43(38)52-42(36)27-34/h1-27H. The van der Waals surface area contributed by atoms with E-state index in [4.69, 9.17) is 23.8 Å². The molecule has 0 saturated heterocycles. The molecule has 5 nitrogen and oxygen atoms in total. The van der Waals surface area contributed by atoms with Crippen LogP contribution in [-0.2, 0) is 0 Å². The highest BCUT2D eigenvalue weighted by molar-refractivity contribution is 6.14. The number of nitrogens with zero attached hydrogens (tertiary/aromatic N) is 3. The van der Waals surface area contributed by atoms with Crippen molar-refractivity contribution >= 4 is 65.4 Å². The van der Waals surface area contributed by atoms with Gasteiger partial charge in [-0.3, -0.25) is 0 Å². The number of hydrogen-bond donors (Lipinski definition) is 0. The zero-order chi connectivity index (χ0) is 34.2. The Bertz CT molecular complexity index is 3190. The van der Waals surface area contributed by atoms with Gasteiger partial charge in [0, 0.05) is 38.2 Å². The predicted octanol–water partition coefficient (Wildman–Crippen LogP) is 12.6. The van der Waals surface area contributed by atoms with Crippen molar-refractivity contribution in [2.24, 2.45) is 0 Å². The molecule has 0 aliphatic heterocycles. The lowest BCUT2D eigenvalue weighted by molar-refractivity contribution is 0.669. The van der Waals surface area contributed by atoms with Crippen molar-refractivity contribution in [1.29, 1.82) is 0 Å². The second-order valence-electron chi connectivity index (χ2n) is 13.2. The molecule has 0 amide bonds. The molecular formula is C47H27N3O2. The van der Waals surface area contributed by atoms with Crippen LogP contribution in [0.5, 0.6) is 0 Å². The number of furan rings is 2.